The molecular weight excluding hydrogens is 228 g/mol. The van der Waals surface area contributed by atoms with E-state index in [1.165, 1.54) is 5.56 Å². The minimum absolute atomic E-state index is 0.0969. The number of hydrogen-bond acceptors (Lipinski definition) is 3. The van der Waals surface area contributed by atoms with Gasteiger partial charge in [0.05, 0.1) is 12.7 Å². The van der Waals surface area contributed by atoms with Gasteiger partial charge in [0.1, 0.15) is 0 Å². The summed E-state index contributed by atoms with van der Waals surface area (Å²) in [6, 6.07) is 0.512. The molecule has 0 aliphatic heterocycles. The van der Waals surface area contributed by atoms with E-state index >= 15 is 0 Å². The predicted molar refractivity (Wildman–Crippen MR) is 72.3 cm³/mol. The van der Waals surface area contributed by atoms with Crippen LogP contribution in [0.4, 0.5) is 0 Å². The molecule has 1 heterocycles. The van der Waals surface area contributed by atoms with Crippen molar-refractivity contribution in [3.8, 4) is 0 Å². The van der Waals surface area contributed by atoms with Gasteiger partial charge in [-0.2, -0.15) is 5.10 Å². The Morgan fingerprint density at radius 3 is 2.72 bits per heavy atom. The molecule has 0 radical (unpaired) electrons. The average molecular weight is 252 g/mol. The lowest BCUT2D eigenvalue weighted by molar-refractivity contribution is -0.121. The highest BCUT2D eigenvalue weighted by atomic mass is 16.1. The van der Waals surface area contributed by atoms with Crippen LogP contribution >= 0.6 is 0 Å². The van der Waals surface area contributed by atoms with Crippen LogP contribution in [0.15, 0.2) is 12.4 Å². The lowest BCUT2D eigenvalue weighted by atomic mass is 10.3. The quantitative estimate of drug-likeness (QED) is 0.763. The third kappa shape index (κ3) is 5.82. The summed E-state index contributed by atoms with van der Waals surface area (Å²) >= 11 is 0. The number of nitrogens with zero attached hydrogens (tertiary/aromatic N) is 2. The van der Waals surface area contributed by atoms with Crippen LogP contribution in [0.2, 0.25) is 0 Å². The lowest BCUT2D eigenvalue weighted by Crippen LogP contribution is -2.36. The van der Waals surface area contributed by atoms with E-state index in [0.717, 1.165) is 6.54 Å². The summed E-state index contributed by atoms with van der Waals surface area (Å²) in [5, 5.41) is 10.4. The third-order valence-electron chi connectivity index (χ3n) is 2.52. The first-order chi connectivity index (χ1) is 8.47. The summed E-state index contributed by atoms with van der Waals surface area (Å²) in [6.07, 6.45) is 4.38. The van der Waals surface area contributed by atoms with Gasteiger partial charge in [-0.25, -0.2) is 0 Å². The van der Waals surface area contributed by atoms with E-state index in [4.69, 9.17) is 0 Å². The molecular formula is C13H24N4O. The van der Waals surface area contributed by atoms with Gasteiger partial charge >= 0.3 is 0 Å². The summed E-state index contributed by atoms with van der Waals surface area (Å²) < 4.78 is 1.92. The van der Waals surface area contributed by atoms with Gasteiger partial charge in [0.25, 0.3) is 0 Å². The Bertz CT molecular complexity index is 373. The maximum atomic E-state index is 11.4. The van der Waals surface area contributed by atoms with Gasteiger partial charge in [-0.15, -0.1) is 0 Å². The van der Waals surface area contributed by atoms with Gasteiger partial charge in [-0.3, -0.25) is 9.48 Å². The number of hydrogen-bond donors (Lipinski definition) is 2. The second-order valence-electron chi connectivity index (χ2n) is 5.07. The Morgan fingerprint density at radius 2 is 2.17 bits per heavy atom. The van der Waals surface area contributed by atoms with E-state index < -0.39 is 0 Å². The van der Waals surface area contributed by atoms with Gasteiger partial charge in [0, 0.05) is 31.2 Å². The lowest BCUT2D eigenvalue weighted by Gasteiger charge is -2.14. The van der Waals surface area contributed by atoms with E-state index in [2.05, 4.69) is 22.7 Å². The number of carbonyl (C=O) groups is 1. The first-order valence-corrected chi connectivity index (χ1v) is 6.49. The van der Waals surface area contributed by atoms with Gasteiger partial charge < -0.3 is 10.6 Å². The molecule has 1 rings (SSSR count). The van der Waals surface area contributed by atoms with E-state index in [1.54, 1.807) is 0 Å². The Morgan fingerprint density at radius 1 is 1.44 bits per heavy atom. The molecule has 1 aromatic rings. The summed E-state index contributed by atoms with van der Waals surface area (Å²) in [4.78, 5) is 11.4. The molecule has 0 saturated carbocycles. The zero-order valence-electron chi connectivity index (χ0n) is 11.7. The first-order valence-electron chi connectivity index (χ1n) is 6.49. The highest BCUT2D eigenvalue weighted by molar-refractivity contribution is 5.76. The van der Waals surface area contributed by atoms with Crippen molar-refractivity contribution in [2.75, 3.05) is 6.54 Å². The van der Waals surface area contributed by atoms with Gasteiger partial charge in [0.15, 0.2) is 0 Å². The molecule has 1 amide bonds. The number of amides is 1. The molecule has 0 bridgehead atoms. The number of carbonyl (C=O) groups excluding carboxylic acids is 1. The predicted octanol–water partition coefficient (Wildman–Crippen LogP) is 1.08. The molecule has 0 aliphatic rings. The largest absolute Gasteiger partial charge is 0.354 e. The topological polar surface area (TPSA) is 59.0 Å². The molecule has 0 spiro atoms. The van der Waals surface area contributed by atoms with Crippen molar-refractivity contribution < 1.29 is 4.79 Å². The molecule has 0 fully saturated rings. The normalized spacial score (nSPS) is 12.7. The molecule has 1 aromatic heterocycles. The molecule has 0 aromatic carbocycles. The molecule has 5 heteroatoms. The second kappa shape index (κ2) is 7.16. The van der Waals surface area contributed by atoms with Crippen LogP contribution in [0, 0.1) is 6.92 Å². The van der Waals surface area contributed by atoms with Crippen molar-refractivity contribution in [2.24, 2.45) is 0 Å². The molecule has 5 nitrogen and oxygen atoms in total. The van der Waals surface area contributed by atoms with Gasteiger partial charge in [-0.1, -0.05) is 0 Å². The van der Waals surface area contributed by atoms with Crippen LogP contribution in [0.5, 0.6) is 0 Å². The van der Waals surface area contributed by atoms with Crippen LogP contribution in [-0.4, -0.2) is 34.3 Å². The van der Waals surface area contributed by atoms with Gasteiger partial charge in [-0.05, 0) is 33.3 Å². The standard InChI is InChI=1S/C13H24N4O/c1-10(2)16-13(18)5-6-14-12(4)9-17-8-11(3)7-15-17/h7-8,10,12,14H,5-6,9H2,1-4H3,(H,16,18). The Labute approximate surface area is 109 Å². The summed E-state index contributed by atoms with van der Waals surface area (Å²) in [5.74, 6) is 0.0969. The SMILES string of the molecule is Cc1cnn(CC(C)NCCC(=O)NC(C)C)c1. The molecule has 18 heavy (non-hydrogen) atoms. The maximum Gasteiger partial charge on any atom is 0.221 e. The van der Waals surface area contributed by atoms with Crippen molar-refractivity contribution in [3.05, 3.63) is 18.0 Å². The average Bonchev–Trinajstić information content (AvgIpc) is 2.62. The van der Waals surface area contributed by atoms with Crippen molar-refractivity contribution in [1.29, 1.82) is 0 Å². The van der Waals surface area contributed by atoms with Crippen LogP contribution in [0.25, 0.3) is 0 Å². The maximum absolute atomic E-state index is 11.4. The van der Waals surface area contributed by atoms with Crippen molar-refractivity contribution in [3.63, 3.8) is 0 Å². The minimum Gasteiger partial charge on any atom is -0.354 e. The zero-order valence-corrected chi connectivity index (χ0v) is 11.7. The van der Waals surface area contributed by atoms with Crippen molar-refractivity contribution >= 4 is 5.91 Å². The van der Waals surface area contributed by atoms with E-state index in [1.807, 2.05) is 37.8 Å². The van der Waals surface area contributed by atoms with Crippen LogP contribution in [-0.2, 0) is 11.3 Å². The molecule has 0 aliphatic carbocycles. The fourth-order valence-electron chi connectivity index (χ4n) is 1.74. The molecule has 0 saturated heterocycles. The summed E-state index contributed by atoms with van der Waals surface area (Å²) in [7, 11) is 0. The number of aryl methyl sites for hydroxylation is 1. The van der Waals surface area contributed by atoms with E-state index in [-0.39, 0.29) is 11.9 Å². The fraction of sp³-hybridized carbons (Fsp3) is 0.692. The number of nitrogens with one attached hydrogen (secondary N) is 2. The van der Waals surface area contributed by atoms with Crippen LogP contribution < -0.4 is 10.6 Å². The van der Waals surface area contributed by atoms with Gasteiger partial charge in [0.2, 0.25) is 5.91 Å². The Kier molecular flexibility index (Phi) is 5.85. The third-order valence-corrected chi connectivity index (χ3v) is 2.52. The fourth-order valence-corrected chi connectivity index (χ4v) is 1.74. The Hall–Kier alpha value is -1.36. The molecule has 1 atom stereocenters. The Balaban J connectivity index is 2.17. The first kappa shape index (κ1) is 14.7. The molecule has 1 unspecified atom stereocenters. The second-order valence-corrected chi connectivity index (χ2v) is 5.07. The monoisotopic (exact) mass is 252 g/mol. The summed E-state index contributed by atoms with van der Waals surface area (Å²) in [5.41, 5.74) is 1.17. The van der Waals surface area contributed by atoms with Crippen LogP contribution in [0.1, 0.15) is 32.8 Å². The highest BCUT2D eigenvalue weighted by Crippen LogP contribution is 1.96. The summed E-state index contributed by atoms with van der Waals surface area (Å²) in [6.45, 7) is 9.57. The van der Waals surface area contributed by atoms with Crippen LogP contribution in [0.3, 0.4) is 0 Å². The van der Waals surface area contributed by atoms with Crippen molar-refractivity contribution in [2.45, 2.75) is 52.7 Å². The minimum atomic E-state index is 0.0969. The van der Waals surface area contributed by atoms with E-state index in [0.29, 0.717) is 19.0 Å². The highest BCUT2D eigenvalue weighted by Gasteiger charge is 2.06. The molecule has 2 N–H and O–H groups in total. The smallest absolute Gasteiger partial charge is 0.221 e. The van der Waals surface area contributed by atoms with E-state index in [9.17, 15) is 4.79 Å². The zero-order chi connectivity index (χ0) is 13.5. The number of aromatic nitrogens is 2. The number of rotatable bonds is 7. The molecule has 102 valence electrons. The van der Waals surface area contributed by atoms with Crippen molar-refractivity contribution in [1.82, 2.24) is 20.4 Å².